The summed E-state index contributed by atoms with van der Waals surface area (Å²) in [6, 6.07) is 8.94. The third-order valence-corrected chi connectivity index (χ3v) is 7.15. The first-order valence-corrected chi connectivity index (χ1v) is 11.6. The summed E-state index contributed by atoms with van der Waals surface area (Å²) in [5.41, 5.74) is 1.54. The molecular weight excluding hydrogens is 439 g/mol. The number of hydrogen-bond acceptors (Lipinski definition) is 8. The van der Waals surface area contributed by atoms with Gasteiger partial charge in [-0.05, 0) is 56.3 Å². The lowest BCUT2D eigenvalue weighted by Crippen LogP contribution is -2.19. The van der Waals surface area contributed by atoms with E-state index in [9.17, 15) is 12.8 Å². The molecule has 0 saturated heterocycles. The smallest absolute Gasteiger partial charge is 0.242 e. The highest BCUT2D eigenvalue weighted by Gasteiger charge is 2.21. The molecule has 160 valence electrons. The number of nitrogens with one attached hydrogen (secondary N) is 2. The first-order chi connectivity index (χ1) is 14.8. The van der Waals surface area contributed by atoms with Crippen LogP contribution in [0.25, 0.3) is 22.0 Å². The number of benzene rings is 2. The third kappa shape index (κ3) is 4.24. The first-order valence-electron chi connectivity index (χ1n) is 9.33. The second-order valence-electron chi connectivity index (χ2n) is 6.83. The Morgan fingerprint density at radius 1 is 1.06 bits per heavy atom. The molecule has 0 saturated carbocycles. The molecule has 0 aliphatic rings. The fraction of sp³-hybridized carbons (Fsp3) is 0.200. The fourth-order valence-corrected chi connectivity index (χ4v) is 4.75. The minimum absolute atomic E-state index is 0.0108. The third-order valence-electron chi connectivity index (χ3n) is 4.70. The molecule has 0 unspecified atom stereocenters. The topological polar surface area (TPSA) is 110 Å². The molecule has 31 heavy (non-hydrogen) atoms. The molecule has 2 aromatic heterocycles. The van der Waals surface area contributed by atoms with Crippen LogP contribution in [0, 0.1) is 12.7 Å². The Morgan fingerprint density at radius 3 is 2.45 bits per heavy atom. The van der Waals surface area contributed by atoms with Gasteiger partial charge in [0.15, 0.2) is 0 Å². The number of aryl methyl sites for hydroxylation is 1. The van der Waals surface area contributed by atoms with Crippen LogP contribution in [0.3, 0.4) is 0 Å². The Morgan fingerprint density at radius 2 is 1.81 bits per heavy atom. The summed E-state index contributed by atoms with van der Waals surface area (Å²) in [6.45, 7) is 3.79. The Bertz CT molecular complexity index is 1360. The molecule has 1 atom stereocenters. The van der Waals surface area contributed by atoms with Crippen LogP contribution in [0.4, 0.5) is 10.2 Å². The van der Waals surface area contributed by atoms with Crippen LogP contribution in [0.15, 0.2) is 47.6 Å². The van der Waals surface area contributed by atoms with Gasteiger partial charge in [0.05, 0.1) is 11.6 Å². The van der Waals surface area contributed by atoms with E-state index in [0.29, 0.717) is 22.3 Å². The molecule has 4 rings (SSSR count). The highest BCUT2D eigenvalue weighted by Crippen LogP contribution is 2.33. The van der Waals surface area contributed by atoms with E-state index in [1.165, 1.54) is 42.9 Å². The molecule has 0 amide bonds. The minimum atomic E-state index is -3.82. The zero-order valence-electron chi connectivity index (χ0n) is 16.9. The van der Waals surface area contributed by atoms with Crippen molar-refractivity contribution in [2.75, 3.05) is 12.4 Å². The van der Waals surface area contributed by atoms with Gasteiger partial charge >= 0.3 is 0 Å². The largest absolute Gasteiger partial charge is 0.360 e. The quantitative estimate of drug-likeness (QED) is 0.454. The Hall–Kier alpha value is -3.02. The van der Waals surface area contributed by atoms with Crippen molar-refractivity contribution < 1.29 is 12.8 Å². The average Bonchev–Trinajstić information content (AvgIpc) is 3.20. The molecule has 8 nitrogen and oxygen atoms in total. The summed E-state index contributed by atoms with van der Waals surface area (Å²) in [4.78, 5) is 8.58. The SMILES string of the molecule is CNS(=O)(=O)c1cc(-c2ccc(F)cc2)cc2c(N[C@H](C)c3nnc(C)s3)ncnc12. The number of fused-ring (bicyclic) bond motifs is 1. The van der Waals surface area contributed by atoms with E-state index >= 15 is 0 Å². The standard InChI is InChI=1S/C20H19FN6O2S2/c1-11(20-27-26-12(2)30-20)25-19-16-8-14(13-4-6-15(21)7-5-13)9-17(31(28,29)22-3)18(16)23-10-24-19/h4-11,22H,1-3H3,(H,23,24,25)/t11-/m1/s1. The summed E-state index contributed by atoms with van der Waals surface area (Å²) in [7, 11) is -2.48. The van der Waals surface area contributed by atoms with Crippen molar-refractivity contribution in [1.29, 1.82) is 0 Å². The highest BCUT2D eigenvalue weighted by molar-refractivity contribution is 7.89. The maximum absolute atomic E-state index is 13.4. The van der Waals surface area contributed by atoms with E-state index in [1.54, 1.807) is 18.2 Å². The second-order valence-corrected chi connectivity index (χ2v) is 9.90. The average molecular weight is 459 g/mol. The van der Waals surface area contributed by atoms with Crippen LogP contribution in [0.5, 0.6) is 0 Å². The van der Waals surface area contributed by atoms with Crippen molar-refractivity contribution in [2.24, 2.45) is 0 Å². The Labute approximate surface area is 182 Å². The molecule has 2 N–H and O–H groups in total. The van der Waals surface area contributed by atoms with E-state index in [2.05, 4.69) is 30.2 Å². The summed E-state index contributed by atoms with van der Waals surface area (Å²) < 4.78 is 41.2. The van der Waals surface area contributed by atoms with Crippen molar-refractivity contribution in [3.05, 3.63) is 58.6 Å². The van der Waals surface area contributed by atoms with Crippen molar-refractivity contribution in [3.63, 3.8) is 0 Å². The van der Waals surface area contributed by atoms with Crippen LogP contribution in [-0.4, -0.2) is 35.6 Å². The van der Waals surface area contributed by atoms with Gasteiger partial charge in [0, 0.05) is 5.39 Å². The zero-order chi connectivity index (χ0) is 22.2. The normalized spacial score (nSPS) is 12.8. The van der Waals surface area contributed by atoms with Gasteiger partial charge in [-0.2, -0.15) is 0 Å². The molecule has 0 radical (unpaired) electrons. The monoisotopic (exact) mass is 458 g/mol. The van der Waals surface area contributed by atoms with Crippen LogP contribution < -0.4 is 10.0 Å². The van der Waals surface area contributed by atoms with Gasteiger partial charge in [-0.3, -0.25) is 0 Å². The molecule has 11 heteroatoms. The van der Waals surface area contributed by atoms with Gasteiger partial charge in [-0.15, -0.1) is 10.2 Å². The lowest BCUT2D eigenvalue weighted by atomic mass is 10.0. The zero-order valence-corrected chi connectivity index (χ0v) is 18.6. The van der Waals surface area contributed by atoms with Crippen LogP contribution in [-0.2, 0) is 10.0 Å². The number of sulfonamides is 1. The van der Waals surface area contributed by atoms with E-state index in [-0.39, 0.29) is 22.3 Å². The molecule has 4 aromatic rings. The summed E-state index contributed by atoms with van der Waals surface area (Å²) in [5, 5.41) is 13.6. The number of aromatic nitrogens is 4. The van der Waals surface area contributed by atoms with Gasteiger partial charge in [-0.1, -0.05) is 23.5 Å². The van der Waals surface area contributed by atoms with Gasteiger partial charge in [0.25, 0.3) is 0 Å². The van der Waals surface area contributed by atoms with Crippen molar-refractivity contribution in [2.45, 2.75) is 24.8 Å². The minimum Gasteiger partial charge on any atom is -0.360 e. The van der Waals surface area contributed by atoms with Gasteiger partial charge in [0.1, 0.15) is 32.9 Å². The van der Waals surface area contributed by atoms with Crippen molar-refractivity contribution in [3.8, 4) is 11.1 Å². The van der Waals surface area contributed by atoms with Crippen molar-refractivity contribution >= 4 is 38.1 Å². The second kappa shape index (κ2) is 8.25. The number of anilines is 1. The molecule has 0 spiro atoms. The summed E-state index contributed by atoms with van der Waals surface area (Å²) in [5.74, 6) is 0.0846. The van der Waals surface area contributed by atoms with Crippen LogP contribution in [0.1, 0.15) is 23.0 Å². The highest BCUT2D eigenvalue weighted by atomic mass is 32.2. The number of halogens is 1. The van der Waals surface area contributed by atoms with E-state index < -0.39 is 10.0 Å². The molecular formula is C20H19FN6O2S2. The number of rotatable bonds is 6. The van der Waals surface area contributed by atoms with Gasteiger partial charge in [-0.25, -0.2) is 27.5 Å². The van der Waals surface area contributed by atoms with Gasteiger partial charge < -0.3 is 5.32 Å². The Balaban J connectivity index is 1.90. The number of hydrogen-bond donors (Lipinski definition) is 2. The lowest BCUT2D eigenvalue weighted by Gasteiger charge is -2.16. The Kier molecular flexibility index (Phi) is 5.65. The molecule has 0 aliphatic heterocycles. The molecule has 2 heterocycles. The predicted molar refractivity (Wildman–Crippen MR) is 118 cm³/mol. The molecule has 0 aliphatic carbocycles. The fourth-order valence-electron chi connectivity index (χ4n) is 3.13. The van der Waals surface area contributed by atoms with Crippen molar-refractivity contribution in [1.82, 2.24) is 24.9 Å². The molecule has 0 fully saturated rings. The van der Waals surface area contributed by atoms with E-state index in [0.717, 1.165) is 10.0 Å². The van der Waals surface area contributed by atoms with Gasteiger partial charge in [0.2, 0.25) is 10.0 Å². The first kappa shape index (κ1) is 21.2. The predicted octanol–water partition coefficient (Wildman–Crippen LogP) is 3.68. The summed E-state index contributed by atoms with van der Waals surface area (Å²) >= 11 is 1.46. The van der Waals surface area contributed by atoms with E-state index in [4.69, 9.17) is 0 Å². The lowest BCUT2D eigenvalue weighted by molar-refractivity contribution is 0.589. The number of nitrogens with zero attached hydrogens (tertiary/aromatic N) is 4. The maximum atomic E-state index is 13.4. The van der Waals surface area contributed by atoms with E-state index in [1.807, 2.05) is 13.8 Å². The van der Waals surface area contributed by atoms with Crippen LogP contribution >= 0.6 is 11.3 Å². The molecule has 0 bridgehead atoms. The summed E-state index contributed by atoms with van der Waals surface area (Å²) in [6.07, 6.45) is 1.31. The van der Waals surface area contributed by atoms with Crippen LogP contribution in [0.2, 0.25) is 0 Å². The molecule has 2 aromatic carbocycles. The maximum Gasteiger partial charge on any atom is 0.242 e.